The van der Waals surface area contributed by atoms with Gasteiger partial charge in [0.25, 0.3) is 0 Å². The van der Waals surface area contributed by atoms with Crippen LogP contribution in [0.3, 0.4) is 0 Å². The zero-order valence-electron chi connectivity index (χ0n) is 8.84. The van der Waals surface area contributed by atoms with Gasteiger partial charge in [0.05, 0.1) is 6.61 Å². The number of hydrogen-bond acceptors (Lipinski definition) is 2. The Morgan fingerprint density at radius 1 is 1.27 bits per heavy atom. The van der Waals surface area contributed by atoms with Gasteiger partial charge in [-0.25, -0.2) is 4.39 Å². The molecular formula is C9H16BFO4. The minimum Gasteiger partial charge on any atom is -0.488 e. The van der Waals surface area contributed by atoms with Gasteiger partial charge in [0.2, 0.25) is 0 Å². The van der Waals surface area contributed by atoms with E-state index in [1.54, 1.807) is 13.2 Å². The van der Waals surface area contributed by atoms with Gasteiger partial charge in [-0.05, 0) is 12.1 Å². The first-order valence-electron chi connectivity index (χ1n) is 4.12. The van der Waals surface area contributed by atoms with E-state index >= 15 is 0 Å². The largest absolute Gasteiger partial charge is 0.488 e. The molecule has 6 heteroatoms. The van der Waals surface area contributed by atoms with Crippen LogP contribution < -0.4 is 10.2 Å². The van der Waals surface area contributed by atoms with Crippen LogP contribution in [-0.2, 0) is 4.74 Å². The van der Waals surface area contributed by atoms with Gasteiger partial charge in [0, 0.05) is 7.11 Å². The predicted molar refractivity (Wildman–Crippen MR) is 59.2 cm³/mol. The van der Waals surface area contributed by atoms with Crippen molar-refractivity contribution in [2.45, 2.75) is 0 Å². The lowest BCUT2D eigenvalue weighted by atomic mass is 9.96. The van der Waals surface area contributed by atoms with E-state index in [1.165, 1.54) is 6.07 Å². The summed E-state index contributed by atoms with van der Waals surface area (Å²) in [6, 6.07) is 4.88. The van der Waals surface area contributed by atoms with Crippen LogP contribution in [0.1, 0.15) is 0 Å². The van der Waals surface area contributed by atoms with Gasteiger partial charge < -0.3 is 20.4 Å². The summed E-state index contributed by atoms with van der Waals surface area (Å²) >= 11 is 0. The number of methoxy groups -OCH3 is 1. The van der Waals surface area contributed by atoms with Gasteiger partial charge in [-0.2, -0.15) is 0 Å². The zero-order valence-corrected chi connectivity index (χ0v) is 8.84. The molecule has 0 bridgehead atoms. The maximum atomic E-state index is 13.1. The third-order valence-electron chi connectivity index (χ3n) is 1.63. The summed E-state index contributed by atoms with van der Waals surface area (Å²) in [7, 11) is 3.41. The Balaban J connectivity index is 0. The molecule has 0 saturated carbocycles. The van der Waals surface area contributed by atoms with E-state index in [9.17, 15) is 4.39 Å². The minimum absolute atomic E-state index is 0. The molecule has 0 aromatic heterocycles. The molecule has 1 rings (SSSR count). The third kappa shape index (κ3) is 5.36. The molecule has 0 radical (unpaired) electrons. The highest BCUT2D eigenvalue weighted by atomic mass is 19.1. The minimum atomic E-state index is -0.323. The highest BCUT2D eigenvalue weighted by Gasteiger charge is 2.01. The second-order valence-corrected chi connectivity index (χ2v) is 2.78. The summed E-state index contributed by atoms with van der Waals surface area (Å²) in [6.07, 6.45) is 0. The molecule has 4 nitrogen and oxygen atoms in total. The van der Waals surface area contributed by atoms with Gasteiger partial charge >= 0.3 is 0 Å². The van der Waals surface area contributed by atoms with Crippen LogP contribution in [0.25, 0.3) is 0 Å². The highest BCUT2D eigenvalue weighted by Crippen LogP contribution is 2.13. The summed E-state index contributed by atoms with van der Waals surface area (Å²) in [5, 5.41) is 0. The van der Waals surface area contributed by atoms with E-state index in [-0.39, 0.29) is 22.5 Å². The molecular weight excluding hydrogens is 202 g/mol. The fourth-order valence-corrected chi connectivity index (χ4v) is 0.958. The molecule has 0 amide bonds. The van der Waals surface area contributed by atoms with Crippen molar-refractivity contribution < 1.29 is 24.8 Å². The molecule has 0 atom stereocenters. The SMILES string of the molecule is Bc1ccc(OCCOC)c(F)c1.O.O. The maximum absolute atomic E-state index is 13.1. The van der Waals surface area contributed by atoms with E-state index in [0.717, 1.165) is 5.46 Å². The molecule has 0 heterocycles. The number of rotatable bonds is 4. The molecule has 0 saturated heterocycles. The first-order chi connectivity index (χ1) is 6.24. The number of halogens is 1. The number of hydrogen-bond donors (Lipinski definition) is 0. The fourth-order valence-electron chi connectivity index (χ4n) is 0.958. The predicted octanol–water partition coefficient (Wildman–Crippen LogP) is -1.54. The second-order valence-electron chi connectivity index (χ2n) is 2.78. The summed E-state index contributed by atoms with van der Waals surface area (Å²) in [4.78, 5) is 0. The van der Waals surface area contributed by atoms with Crippen LogP contribution in [0.5, 0.6) is 5.75 Å². The number of ether oxygens (including phenoxy) is 2. The molecule has 0 spiro atoms. The average molecular weight is 218 g/mol. The van der Waals surface area contributed by atoms with Crippen LogP contribution >= 0.6 is 0 Å². The highest BCUT2D eigenvalue weighted by molar-refractivity contribution is 6.32. The smallest absolute Gasteiger partial charge is 0.164 e. The van der Waals surface area contributed by atoms with Crippen LogP contribution in [0.2, 0.25) is 0 Å². The standard InChI is InChI=1S/C9H12BFO2.2H2O/c1-12-4-5-13-9-3-2-7(10)6-8(9)11;;/h2-3,6H,4-5,10H2,1H3;2*1H2. The Morgan fingerprint density at radius 3 is 2.47 bits per heavy atom. The van der Waals surface area contributed by atoms with Gasteiger partial charge in [0.1, 0.15) is 14.5 Å². The summed E-state index contributed by atoms with van der Waals surface area (Å²) < 4.78 is 23.0. The fraction of sp³-hybridized carbons (Fsp3) is 0.333. The van der Waals surface area contributed by atoms with Crippen molar-refractivity contribution in [2.24, 2.45) is 0 Å². The first kappa shape index (κ1) is 16.3. The van der Waals surface area contributed by atoms with Crippen LogP contribution in [-0.4, -0.2) is 39.1 Å². The van der Waals surface area contributed by atoms with Crippen LogP contribution in [0.4, 0.5) is 4.39 Å². The molecule has 15 heavy (non-hydrogen) atoms. The van der Waals surface area contributed by atoms with Crippen molar-refractivity contribution >= 4 is 13.3 Å². The van der Waals surface area contributed by atoms with E-state index in [4.69, 9.17) is 9.47 Å². The van der Waals surface area contributed by atoms with E-state index in [1.807, 2.05) is 13.9 Å². The lowest BCUT2D eigenvalue weighted by Gasteiger charge is -2.06. The summed E-state index contributed by atoms with van der Waals surface area (Å²) in [5.41, 5.74) is 0.886. The van der Waals surface area contributed by atoms with Gasteiger partial charge in [-0.1, -0.05) is 11.5 Å². The first-order valence-corrected chi connectivity index (χ1v) is 4.12. The van der Waals surface area contributed by atoms with Gasteiger partial charge in [-0.15, -0.1) is 0 Å². The lowest BCUT2D eigenvalue weighted by Crippen LogP contribution is -2.08. The van der Waals surface area contributed by atoms with Crippen LogP contribution in [0.15, 0.2) is 18.2 Å². The Morgan fingerprint density at radius 2 is 1.93 bits per heavy atom. The van der Waals surface area contributed by atoms with Crippen molar-refractivity contribution in [1.29, 1.82) is 0 Å². The van der Waals surface area contributed by atoms with Crippen molar-refractivity contribution in [3.8, 4) is 5.75 Å². The topological polar surface area (TPSA) is 81.5 Å². The van der Waals surface area contributed by atoms with E-state index in [0.29, 0.717) is 13.2 Å². The molecule has 0 aliphatic heterocycles. The molecule has 0 aliphatic rings. The third-order valence-corrected chi connectivity index (χ3v) is 1.63. The van der Waals surface area contributed by atoms with Crippen molar-refractivity contribution in [3.63, 3.8) is 0 Å². The Hall–Kier alpha value is -1.11. The van der Waals surface area contributed by atoms with Gasteiger partial charge in [-0.3, -0.25) is 0 Å². The molecule has 1 aromatic rings. The average Bonchev–Trinajstić information content (AvgIpc) is 2.09. The maximum Gasteiger partial charge on any atom is 0.164 e. The zero-order chi connectivity index (χ0) is 9.68. The summed E-state index contributed by atoms with van der Waals surface area (Å²) in [6.45, 7) is 0.837. The Kier molecular flexibility index (Phi) is 8.95. The van der Waals surface area contributed by atoms with Gasteiger partial charge in [0.15, 0.2) is 11.6 Å². The van der Waals surface area contributed by atoms with Crippen molar-refractivity contribution in [3.05, 3.63) is 24.0 Å². The molecule has 0 aliphatic carbocycles. The second kappa shape index (κ2) is 8.22. The molecule has 0 fully saturated rings. The Labute approximate surface area is 89.0 Å². The van der Waals surface area contributed by atoms with E-state index in [2.05, 4.69) is 0 Å². The molecule has 4 N–H and O–H groups in total. The number of benzene rings is 1. The van der Waals surface area contributed by atoms with E-state index < -0.39 is 0 Å². The van der Waals surface area contributed by atoms with Crippen LogP contribution in [0, 0.1) is 5.82 Å². The monoisotopic (exact) mass is 218 g/mol. The molecule has 1 aromatic carbocycles. The van der Waals surface area contributed by atoms with Crippen molar-refractivity contribution in [1.82, 2.24) is 0 Å². The summed E-state index contributed by atoms with van der Waals surface area (Å²) in [5.74, 6) is -0.0428. The molecule has 0 unspecified atom stereocenters. The van der Waals surface area contributed by atoms with Crippen molar-refractivity contribution in [2.75, 3.05) is 20.3 Å². The molecule has 86 valence electrons. The quantitative estimate of drug-likeness (QED) is 0.453. The Bertz CT molecular complexity index is 283. The lowest BCUT2D eigenvalue weighted by molar-refractivity contribution is 0.144. The normalized spacial score (nSPS) is 8.67.